The molecule has 6 nitrogen and oxygen atoms in total. The van der Waals surface area contributed by atoms with Crippen molar-refractivity contribution < 1.29 is 14.4 Å². The van der Waals surface area contributed by atoms with Crippen LogP contribution >= 0.6 is 0 Å². The molecule has 0 bridgehead atoms. The minimum absolute atomic E-state index is 0.290. The number of nitrogens with zero attached hydrogens (tertiary/aromatic N) is 1. The molecule has 2 N–H and O–H groups in total. The van der Waals surface area contributed by atoms with Gasteiger partial charge in [0.25, 0.3) is 5.91 Å². The highest BCUT2D eigenvalue weighted by Gasteiger charge is 2.49. The van der Waals surface area contributed by atoms with E-state index in [1.807, 2.05) is 55.5 Å². The van der Waals surface area contributed by atoms with Gasteiger partial charge in [-0.2, -0.15) is 0 Å². The van der Waals surface area contributed by atoms with Crippen LogP contribution in [0.4, 0.5) is 4.79 Å². The van der Waals surface area contributed by atoms with E-state index in [2.05, 4.69) is 17.6 Å². The second kappa shape index (κ2) is 9.11. The molecule has 1 aliphatic rings. The standard InChI is InChI=1S/C24H29N3O3/c1-4-7-18-10-12-20(13-11-18)24(3)22(29)27(23(30)26-24)16-21(28)25-15-14-19-9-6-5-8-17(19)2/h5-6,8-13H,4,7,14-16H2,1-3H3,(H,25,28)(H,26,30). The van der Waals surface area contributed by atoms with Crippen molar-refractivity contribution in [2.45, 2.75) is 45.6 Å². The largest absolute Gasteiger partial charge is 0.354 e. The van der Waals surface area contributed by atoms with E-state index in [-0.39, 0.29) is 12.5 Å². The molecule has 1 saturated heterocycles. The van der Waals surface area contributed by atoms with E-state index in [0.29, 0.717) is 18.5 Å². The summed E-state index contributed by atoms with van der Waals surface area (Å²) < 4.78 is 0. The third kappa shape index (κ3) is 4.53. The van der Waals surface area contributed by atoms with Crippen LogP contribution in [0.25, 0.3) is 0 Å². The van der Waals surface area contributed by atoms with Gasteiger partial charge in [0.2, 0.25) is 5.91 Å². The first kappa shape index (κ1) is 21.6. The fraction of sp³-hybridized carbons (Fsp3) is 0.375. The third-order valence-electron chi connectivity index (χ3n) is 5.62. The molecular formula is C24H29N3O3. The molecule has 30 heavy (non-hydrogen) atoms. The number of carbonyl (C=O) groups excluding carboxylic acids is 3. The summed E-state index contributed by atoms with van der Waals surface area (Å²) in [6.07, 6.45) is 2.70. The Morgan fingerprint density at radius 3 is 2.43 bits per heavy atom. The van der Waals surface area contributed by atoms with Crippen LogP contribution in [0.5, 0.6) is 0 Å². The lowest BCUT2D eigenvalue weighted by molar-refractivity contribution is -0.134. The summed E-state index contributed by atoms with van der Waals surface area (Å²) >= 11 is 0. The predicted molar refractivity (Wildman–Crippen MR) is 116 cm³/mol. The summed E-state index contributed by atoms with van der Waals surface area (Å²) in [4.78, 5) is 38.8. The van der Waals surface area contributed by atoms with E-state index in [1.165, 1.54) is 11.1 Å². The summed E-state index contributed by atoms with van der Waals surface area (Å²) in [6.45, 7) is 5.98. The Balaban J connectivity index is 1.60. The maximum atomic E-state index is 13.0. The lowest BCUT2D eigenvalue weighted by atomic mass is 9.91. The molecular weight excluding hydrogens is 378 g/mol. The zero-order chi connectivity index (χ0) is 21.7. The molecule has 3 rings (SSSR count). The molecule has 158 valence electrons. The Labute approximate surface area is 177 Å². The number of nitrogens with one attached hydrogen (secondary N) is 2. The van der Waals surface area contributed by atoms with E-state index < -0.39 is 17.5 Å². The molecule has 0 saturated carbocycles. The molecule has 1 atom stereocenters. The molecule has 2 aromatic carbocycles. The van der Waals surface area contributed by atoms with Gasteiger partial charge in [-0.1, -0.05) is 61.9 Å². The lowest BCUT2D eigenvalue weighted by Crippen LogP contribution is -2.43. The number of aryl methyl sites for hydroxylation is 2. The maximum absolute atomic E-state index is 13.0. The zero-order valence-corrected chi connectivity index (χ0v) is 17.8. The van der Waals surface area contributed by atoms with Crippen molar-refractivity contribution in [3.63, 3.8) is 0 Å². The molecule has 0 aromatic heterocycles. The zero-order valence-electron chi connectivity index (χ0n) is 17.8. The van der Waals surface area contributed by atoms with Crippen LogP contribution in [0.2, 0.25) is 0 Å². The number of urea groups is 1. The van der Waals surface area contributed by atoms with E-state index in [0.717, 1.165) is 23.3 Å². The van der Waals surface area contributed by atoms with E-state index in [4.69, 9.17) is 0 Å². The SMILES string of the molecule is CCCc1ccc(C2(C)NC(=O)N(CC(=O)NCCc3ccccc3C)C2=O)cc1. The van der Waals surface area contributed by atoms with Crippen molar-refractivity contribution in [2.75, 3.05) is 13.1 Å². The van der Waals surface area contributed by atoms with Gasteiger partial charge in [0, 0.05) is 6.54 Å². The first-order chi connectivity index (χ1) is 14.3. The number of carbonyl (C=O) groups is 3. The normalized spacial score (nSPS) is 18.4. The van der Waals surface area contributed by atoms with Crippen LogP contribution in [0, 0.1) is 6.92 Å². The molecule has 2 aromatic rings. The van der Waals surface area contributed by atoms with Crippen molar-refractivity contribution in [1.29, 1.82) is 0 Å². The second-order valence-electron chi connectivity index (χ2n) is 7.92. The maximum Gasteiger partial charge on any atom is 0.325 e. The molecule has 1 heterocycles. The van der Waals surface area contributed by atoms with Gasteiger partial charge in [-0.25, -0.2) is 4.79 Å². The average Bonchev–Trinajstić information content (AvgIpc) is 2.94. The number of rotatable bonds is 8. The molecule has 1 fully saturated rings. The van der Waals surface area contributed by atoms with Crippen LogP contribution in [0.15, 0.2) is 48.5 Å². The van der Waals surface area contributed by atoms with Gasteiger partial charge in [-0.15, -0.1) is 0 Å². The van der Waals surface area contributed by atoms with E-state index in [9.17, 15) is 14.4 Å². The second-order valence-corrected chi connectivity index (χ2v) is 7.92. The Hall–Kier alpha value is -3.15. The van der Waals surface area contributed by atoms with Crippen molar-refractivity contribution in [2.24, 2.45) is 0 Å². The summed E-state index contributed by atoms with van der Waals surface area (Å²) in [5.41, 5.74) is 3.06. The Morgan fingerprint density at radius 2 is 1.77 bits per heavy atom. The first-order valence-electron chi connectivity index (χ1n) is 10.4. The van der Waals surface area contributed by atoms with Gasteiger partial charge < -0.3 is 10.6 Å². The smallest absolute Gasteiger partial charge is 0.325 e. The average molecular weight is 408 g/mol. The van der Waals surface area contributed by atoms with Gasteiger partial charge in [-0.05, 0) is 48.9 Å². The number of benzene rings is 2. The number of hydrogen-bond acceptors (Lipinski definition) is 3. The Kier molecular flexibility index (Phi) is 6.55. The van der Waals surface area contributed by atoms with Gasteiger partial charge in [0.1, 0.15) is 12.1 Å². The van der Waals surface area contributed by atoms with Crippen LogP contribution in [-0.4, -0.2) is 35.8 Å². The van der Waals surface area contributed by atoms with Gasteiger partial charge in [-0.3, -0.25) is 14.5 Å². The highest BCUT2D eigenvalue weighted by molar-refractivity contribution is 6.09. The Morgan fingerprint density at radius 1 is 1.07 bits per heavy atom. The number of amides is 4. The van der Waals surface area contributed by atoms with E-state index >= 15 is 0 Å². The summed E-state index contributed by atoms with van der Waals surface area (Å²) in [5.74, 6) is -0.764. The fourth-order valence-electron chi connectivity index (χ4n) is 3.76. The van der Waals surface area contributed by atoms with Gasteiger partial charge in [0.15, 0.2) is 0 Å². The number of hydrogen-bond donors (Lipinski definition) is 2. The monoisotopic (exact) mass is 407 g/mol. The molecule has 1 unspecified atom stereocenters. The lowest BCUT2D eigenvalue weighted by Gasteiger charge is -2.22. The van der Waals surface area contributed by atoms with Crippen molar-refractivity contribution in [1.82, 2.24) is 15.5 Å². The quantitative estimate of drug-likeness (QED) is 0.660. The van der Waals surface area contributed by atoms with Crippen LogP contribution in [-0.2, 0) is 28.0 Å². The molecule has 1 aliphatic heterocycles. The highest BCUT2D eigenvalue weighted by Crippen LogP contribution is 2.29. The highest BCUT2D eigenvalue weighted by atomic mass is 16.2. The minimum Gasteiger partial charge on any atom is -0.354 e. The van der Waals surface area contributed by atoms with Gasteiger partial charge >= 0.3 is 6.03 Å². The van der Waals surface area contributed by atoms with E-state index in [1.54, 1.807) is 6.92 Å². The van der Waals surface area contributed by atoms with Crippen LogP contribution < -0.4 is 10.6 Å². The Bertz CT molecular complexity index is 939. The van der Waals surface area contributed by atoms with Crippen LogP contribution in [0.3, 0.4) is 0 Å². The molecule has 0 radical (unpaired) electrons. The van der Waals surface area contributed by atoms with Crippen LogP contribution in [0.1, 0.15) is 42.5 Å². The van der Waals surface area contributed by atoms with Crippen molar-refractivity contribution in [3.8, 4) is 0 Å². The first-order valence-corrected chi connectivity index (χ1v) is 10.4. The molecule has 0 spiro atoms. The topological polar surface area (TPSA) is 78.5 Å². The summed E-state index contributed by atoms with van der Waals surface area (Å²) in [7, 11) is 0. The fourth-order valence-corrected chi connectivity index (χ4v) is 3.76. The summed E-state index contributed by atoms with van der Waals surface area (Å²) in [6, 6.07) is 15.1. The molecule has 6 heteroatoms. The van der Waals surface area contributed by atoms with Gasteiger partial charge in [0.05, 0.1) is 0 Å². The number of imide groups is 1. The molecule has 4 amide bonds. The summed E-state index contributed by atoms with van der Waals surface area (Å²) in [5, 5.41) is 5.55. The third-order valence-corrected chi connectivity index (χ3v) is 5.62. The minimum atomic E-state index is -1.16. The predicted octanol–water partition coefficient (Wildman–Crippen LogP) is 3.07. The van der Waals surface area contributed by atoms with Crippen molar-refractivity contribution >= 4 is 17.8 Å². The molecule has 0 aliphatic carbocycles. The van der Waals surface area contributed by atoms with Crippen molar-refractivity contribution in [3.05, 3.63) is 70.8 Å².